The maximum Gasteiger partial charge on any atom is 0.302 e. The van der Waals surface area contributed by atoms with Crippen LogP contribution in [0, 0.1) is 39.4 Å². The van der Waals surface area contributed by atoms with Crippen LogP contribution in [0.1, 0.15) is 126 Å². The van der Waals surface area contributed by atoms with Crippen molar-refractivity contribution in [2.24, 2.45) is 39.4 Å². The highest BCUT2D eigenvalue weighted by Crippen LogP contribution is 2.72. The number of hydrogen-bond acceptors (Lipinski definition) is 3. The second-order valence-corrected chi connectivity index (χ2v) is 13.9. The summed E-state index contributed by atoms with van der Waals surface area (Å²) in [5, 5.41) is 0. The molecule has 0 saturated heterocycles. The first kappa shape index (κ1) is 26.0. The topological polar surface area (TPSA) is 43.4 Å². The van der Waals surface area contributed by atoms with Gasteiger partial charge in [0.15, 0.2) is 0 Å². The van der Waals surface area contributed by atoms with E-state index >= 15 is 0 Å². The van der Waals surface area contributed by atoms with E-state index in [0.717, 1.165) is 31.6 Å². The number of esters is 1. The van der Waals surface area contributed by atoms with Crippen molar-refractivity contribution >= 4 is 11.8 Å². The van der Waals surface area contributed by atoms with Crippen LogP contribution in [0.25, 0.3) is 0 Å². The van der Waals surface area contributed by atoms with Gasteiger partial charge in [0.25, 0.3) is 0 Å². The standard InChI is InChI=1S/C31H50O3/c1-20(10-9-11-21(2)32)23-14-18-31(8)25-12-13-26-28(4,5)27(34-22(3)33)16-17-29(26,6)24(25)15-19-30(23,31)7/h20,23,26-27H,9-19H2,1-8H3/t20-,23-,26+,27+,29-,30-,31+/m1/s1. The van der Waals surface area contributed by atoms with Crippen LogP contribution in [-0.4, -0.2) is 17.9 Å². The van der Waals surface area contributed by atoms with E-state index in [1.807, 2.05) is 5.57 Å². The molecule has 0 aromatic carbocycles. The minimum atomic E-state index is -0.132. The fourth-order valence-corrected chi connectivity index (χ4v) is 9.90. The van der Waals surface area contributed by atoms with Crippen molar-refractivity contribution in [1.82, 2.24) is 0 Å². The first-order chi connectivity index (χ1) is 15.8. The van der Waals surface area contributed by atoms with Crippen molar-refractivity contribution in [2.75, 3.05) is 0 Å². The average molecular weight is 471 g/mol. The predicted molar refractivity (Wildman–Crippen MR) is 138 cm³/mol. The Morgan fingerprint density at radius 3 is 2.29 bits per heavy atom. The predicted octanol–water partition coefficient (Wildman–Crippen LogP) is 8.06. The molecule has 0 spiro atoms. The van der Waals surface area contributed by atoms with Crippen LogP contribution in [0.5, 0.6) is 0 Å². The van der Waals surface area contributed by atoms with Crippen molar-refractivity contribution in [3.63, 3.8) is 0 Å². The number of ketones is 1. The van der Waals surface area contributed by atoms with Gasteiger partial charge in [-0.2, -0.15) is 0 Å². The lowest BCUT2D eigenvalue weighted by Gasteiger charge is -2.62. The third-order valence-electron chi connectivity index (χ3n) is 11.9. The number of ether oxygens (including phenoxy) is 1. The minimum absolute atomic E-state index is 0.0162. The normalized spacial score (nSPS) is 41.8. The Hall–Kier alpha value is -1.12. The van der Waals surface area contributed by atoms with Gasteiger partial charge in [0.1, 0.15) is 11.9 Å². The first-order valence-electron chi connectivity index (χ1n) is 14.2. The zero-order chi connectivity index (χ0) is 25.1. The Morgan fingerprint density at radius 1 is 0.941 bits per heavy atom. The Balaban J connectivity index is 1.62. The molecule has 0 aliphatic heterocycles. The molecule has 4 aliphatic carbocycles. The molecule has 2 saturated carbocycles. The Bertz CT molecular complexity index is 868. The van der Waals surface area contributed by atoms with E-state index in [9.17, 15) is 9.59 Å². The lowest BCUT2D eigenvalue weighted by atomic mass is 9.43. The molecule has 34 heavy (non-hydrogen) atoms. The summed E-state index contributed by atoms with van der Waals surface area (Å²) in [6.45, 7) is 18.3. The Labute approximate surface area is 208 Å². The number of rotatable bonds is 6. The third kappa shape index (κ3) is 3.83. The largest absolute Gasteiger partial charge is 0.462 e. The second kappa shape index (κ2) is 8.77. The minimum Gasteiger partial charge on any atom is -0.462 e. The number of carbonyl (C=O) groups excluding carboxylic acids is 2. The van der Waals surface area contributed by atoms with Gasteiger partial charge in [0, 0.05) is 18.8 Å². The number of allylic oxidation sites excluding steroid dienone is 2. The molecule has 0 aromatic heterocycles. The zero-order valence-electron chi connectivity index (χ0n) is 23.3. The molecule has 192 valence electrons. The Morgan fingerprint density at radius 2 is 1.65 bits per heavy atom. The molecule has 2 fully saturated rings. The molecule has 4 aliphatic rings. The fourth-order valence-electron chi connectivity index (χ4n) is 9.90. The van der Waals surface area contributed by atoms with E-state index in [-0.39, 0.29) is 22.9 Å². The smallest absolute Gasteiger partial charge is 0.302 e. The number of Topliss-reactive ketones (excluding diaryl/α,β-unsaturated/α-hetero) is 1. The molecule has 7 atom stereocenters. The van der Waals surface area contributed by atoms with Gasteiger partial charge in [0.05, 0.1) is 0 Å². The summed E-state index contributed by atoms with van der Waals surface area (Å²) < 4.78 is 5.85. The Kier molecular flexibility index (Phi) is 6.69. The van der Waals surface area contributed by atoms with Crippen molar-refractivity contribution in [1.29, 1.82) is 0 Å². The van der Waals surface area contributed by atoms with E-state index in [2.05, 4.69) is 41.5 Å². The summed E-state index contributed by atoms with van der Waals surface area (Å²) in [6, 6.07) is 0. The van der Waals surface area contributed by atoms with Crippen LogP contribution in [0.3, 0.4) is 0 Å². The van der Waals surface area contributed by atoms with Gasteiger partial charge in [-0.25, -0.2) is 0 Å². The summed E-state index contributed by atoms with van der Waals surface area (Å²) in [5.74, 6) is 2.23. The molecule has 0 aromatic rings. The monoisotopic (exact) mass is 470 g/mol. The fraction of sp³-hybridized carbons (Fsp3) is 0.871. The summed E-state index contributed by atoms with van der Waals surface area (Å²) in [5.41, 5.74) is 4.55. The summed E-state index contributed by atoms with van der Waals surface area (Å²) >= 11 is 0. The maximum atomic E-state index is 11.8. The second-order valence-electron chi connectivity index (χ2n) is 13.9. The molecule has 3 nitrogen and oxygen atoms in total. The van der Waals surface area contributed by atoms with E-state index < -0.39 is 0 Å². The van der Waals surface area contributed by atoms with Gasteiger partial charge in [-0.05, 0) is 98.7 Å². The molecule has 4 rings (SSSR count). The van der Waals surface area contributed by atoms with E-state index in [4.69, 9.17) is 4.74 Å². The van der Waals surface area contributed by atoms with E-state index in [1.165, 1.54) is 44.9 Å². The number of carbonyl (C=O) groups is 2. The lowest BCUT2D eigenvalue weighted by molar-refractivity contribution is -0.167. The maximum absolute atomic E-state index is 11.8. The zero-order valence-corrected chi connectivity index (χ0v) is 23.3. The quantitative estimate of drug-likeness (QED) is 0.291. The summed E-state index contributed by atoms with van der Waals surface area (Å²) in [4.78, 5) is 23.3. The third-order valence-corrected chi connectivity index (χ3v) is 11.9. The van der Waals surface area contributed by atoms with Gasteiger partial charge >= 0.3 is 5.97 Å². The van der Waals surface area contributed by atoms with Crippen LogP contribution < -0.4 is 0 Å². The summed E-state index contributed by atoms with van der Waals surface area (Å²) in [7, 11) is 0. The molecule has 0 N–H and O–H groups in total. The van der Waals surface area contributed by atoms with Crippen molar-refractivity contribution in [3.05, 3.63) is 11.1 Å². The molecule has 0 heterocycles. The SMILES string of the molecule is CC(=O)CCC[C@@H](C)[C@H]1CC[C@@]2(C)C3=C(CC[C@]12C)[C@@]1(C)CC[C@H](OC(C)=O)C(C)(C)[C@@H]1CC3. The van der Waals surface area contributed by atoms with Gasteiger partial charge in [0.2, 0.25) is 0 Å². The van der Waals surface area contributed by atoms with Gasteiger partial charge in [-0.1, -0.05) is 59.1 Å². The molecule has 0 unspecified atom stereocenters. The van der Waals surface area contributed by atoms with Crippen LogP contribution >= 0.6 is 0 Å². The molecule has 0 radical (unpaired) electrons. The molecule has 0 amide bonds. The van der Waals surface area contributed by atoms with E-state index in [1.54, 1.807) is 19.4 Å². The van der Waals surface area contributed by atoms with Crippen molar-refractivity contribution < 1.29 is 14.3 Å². The molecular formula is C31H50O3. The van der Waals surface area contributed by atoms with Gasteiger partial charge < -0.3 is 9.53 Å². The lowest BCUT2D eigenvalue weighted by Crippen LogP contribution is -2.55. The van der Waals surface area contributed by atoms with Crippen LogP contribution in [0.4, 0.5) is 0 Å². The van der Waals surface area contributed by atoms with Crippen molar-refractivity contribution in [2.45, 2.75) is 132 Å². The number of hydrogen-bond donors (Lipinski definition) is 0. The van der Waals surface area contributed by atoms with Gasteiger partial charge in [-0.15, -0.1) is 0 Å². The average Bonchev–Trinajstić information content (AvgIpc) is 3.01. The molecular weight excluding hydrogens is 420 g/mol. The molecule has 0 bridgehead atoms. The van der Waals surface area contributed by atoms with Crippen LogP contribution in [0.2, 0.25) is 0 Å². The van der Waals surface area contributed by atoms with Gasteiger partial charge in [-0.3, -0.25) is 4.79 Å². The highest BCUT2D eigenvalue weighted by Gasteiger charge is 2.63. The summed E-state index contributed by atoms with van der Waals surface area (Å²) in [6.07, 6.45) is 12.8. The van der Waals surface area contributed by atoms with E-state index in [0.29, 0.717) is 28.4 Å². The molecule has 3 heteroatoms. The highest BCUT2D eigenvalue weighted by atomic mass is 16.5. The van der Waals surface area contributed by atoms with Crippen LogP contribution in [0.15, 0.2) is 11.1 Å². The van der Waals surface area contributed by atoms with Crippen molar-refractivity contribution in [3.8, 4) is 0 Å². The van der Waals surface area contributed by atoms with Crippen LogP contribution in [-0.2, 0) is 14.3 Å². The number of fused-ring (bicyclic) bond motifs is 4. The first-order valence-corrected chi connectivity index (χ1v) is 14.2. The highest BCUT2D eigenvalue weighted by molar-refractivity contribution is 5.75.